The number of hydrogen-bond donors (Lipinski definition) is 0. The first kappa shape index (κ1) is 22.9. The van der Waals surface area contributed by atoms with Crippen molar-refractivity contribution in [3.8, 4) is 5.75 Å². The van der Waals surface area contributed by atoms with Crippen molar-refractivity contribution in [2.75, 3.05) is 26.2 Å². The Balaban J connectivity index is 1.32. The first-order valence-corrected chi connectivity index (χ1v) is 12.3. The van der Waals surface area contributed by atoms with Crippen molar-refractivity contribution in [1.29, 1.82) is 0 Å². The van der Waals surface area contributed by atoms with Crippen molar-refractivity contribution in [2.45, 2.75) is 31.4 Å². The molecule has 1 aliphatic rings. The maximum atomic E-state index is 12.8. The van der Waals surface area contributed by atoms with E-state index in [1.807, 2.05) is 36.5 Å². The van der Waals surface area contributed by atoms with Crippen LogP contribution in [0.4, 0.5) is 0 Å². The van der Waals surface area contributed by atoms with Crippen LogP contribution in [0.25, 0.3) is 0 Å². The molecule has 9 nitrogen and oxygen atoms in total. The van der Waals surface area contributed by atoms with Crippen molar-refractivity contribution in [2.24, 2.45) is 0 Å². The van der Waals surface area contributed by atoms with Gasteiger partial charge in [-0.3, -0.25) is 4.79 Å². The van der Waals surface area contributed by atoms with Gasteiger partial charge in [-0.2, -0.15) is 4.31 Å². The molecule has 0 bridgehead atoms. The van der Waals surface area contributed by atoms with Gasteiger partial charge in [0.15, 0.2) is 0 Å². The molecule has 0 saturated carbocycles. The van der Waals surface area contributed by atoms with Gasteiger partial charge in [0.1, 0.15) is 18.1 Å². The number of sulfonamides is 1. The highest BCUT2D eigenvalue weighted by atomic mass is 32.2. The Morgan fingerprint density at radius 2 is 1.73 bits per heavy atom. The van der Waals surface area contributed by atoms with E-state index in [1.165, 1.54) is 16.4 Å². The zero-order valence-electron chi connectivity index (χ0n) is 18.7. The quantitative estimate of drug-likeness (QED) is 0.478. The molecule has 0 atom stereocenters. The highest BCUT2D eigenvalue weighted by molar-refractivity contribution is 7.89. The third-order valence-corrected chi connectivity index (χ3v) is 7.72. The number of amides is 1. The summed E-state index contributed by atoms with van der Waals surface area (Å²) in [6.07, 6.45) is 1.84. The van der Waals surface area contributed by atoms with Crippen LogP contribution >= 0.6 is 0 Å². The first-order valence-electron chi connectivity index (χ1n) is 10.9. The second-order valence-corrected chi connectivity index (χ2v) is 9.71. The van der Waals surface area contributed by atoms with Gasteiger partial charge in [-0.15, -0.1) is 5.10 Å². The number of benzene rings is 2. The molecule has 0 aliphatic carbocycles. The summed E-state index contributed by atoms with van der Waals surface area (Å²) in [5, 5.41) is 8.31. The van der Waals surface area contributed by atoms with E-state index in [9.17, 15) is 13.2 Å². The van der Waals surface area contributed by atoms with Crippen LogP contribution < -0.4 is 4.74 Å². The number of likely N-dealkylation sites (tertiary alicyclic amines) is 1. The lowest BCUT2D eigenvalue weighted by Crippen LogP contribution is -2.50. The van der Waals surface area contributed by atoms with Crippen LogP contribution in [0.5, 0.6) is 5.75 Å². The van der Waals surface area contributed by atoms with Crippen LogP contribution in [0, 0.1) is 0 Å². The molecule has 2 aromatic carbocycles. The lowest BCUT2D eigenvalue weighted by atomic mass is 10.1. The fourth-order valence-corrected chi connectivity index (χ4v) is 5.14. The Bertz CT molecular complexity index is 1190. The zero-order valence-corrected chi connectivity index (χ0v) is 19.5. The highest BCUT2D eigenvalue weighted by Gasteiger charge is 2.33. The van der Waals surface area contributed by atoms with Crippen LogP contribution in [0.2, 0.25) is 0 Å². The molecule has 0 radical (unpaired) electrons. The third-order valence-electron chi connectivity index (χ3n) is 5.66. The van der Waals surface area contributed by atoms with Gasteiger partial charge in [0.05, 0.1) is 17.1 Å². The lowest BCUT2D eigenvalue weighted by Gasteiger charge is -2.38. The molecule has 1 saturated heterocycles. The van der Waals surface area contributed by atoms with Crippen LogP contribution in [0.3, 0.4) is 0 Å². The predicted octanol–water partition coefficient (Wildman–Crippen LogP) is 2.58. The fraction of sp³-hybridized carbons (Fsp3) is 0.348. The summed E-state index contributed by atoms with van der Waals surface area (Å²) < 4.78 is 34.1. The molecule has 10 heteroatoms. The number of aromatic nitrogens is 3. The summed E-state index contributed by atoms with van der Waals surface area (Å²) in [7, 11) is -3.54. The number of rotatable bonds is 9. The maximum Gasteiger partial charge on any atom is 0.254 e. The first-order chi connectivity index (χ1) is 15.9. The molecule has 2 heterocycles. The minimum absolute atomic E-state index is 0.0502. The molecule has 1 aliphatic heterocycles. The lowest BCUT2D eigenvalue weighted by molar-refractivity contribution is 0.0498. The van der Waals surface area contributed by atoms with Crippen molar-refractivity contribution < 1.29 is 17.9 Å². The standard InChI is InChI=1S/C23H27N5O4S/c1-3-27(4-2)33(30,31)22-12-10-18(11-13-22)23(29)26-15-20(16-26)28-14-19(24-25-28)17-32-21-8-6-5-7-9-21/h5-14,20H,3-4,15-17H2,1-2H3. The van der Waals surface area contributed by atoms with Crippen LogP contribution in [0.15, 0.2) is 65.7 Å². The number of carbonyl (C=O) groups is 1. The van der Waals surface area contributed by atoms with Gasteiger partial charge < -0.3 is 9.64 Å². The fourth-order valence-electron chi connectivity index (χ4n) is 3.69. The molecule has 4 rings (SSSR count). The van der Waals surface area contributed by atoms with Gasteiger partial charge in [0.25, 0.3) is 5.91 Å². The SMILES string of the molecule is CCN(CC)S(=O)(=O)c1ccc(C(=O)N2CC(n3cc(COc4ccccc4)nn3)C2)cc1. The smallest absolute Gasteiger partial charge is 0.254 e. The van der Waals surface area contributed by atoms with Crippen LogP contribution in [0.1, 0.15) is 35.9 Å². The molecular weight excluding hydrogens is 442 g/mol. The molecule has 0 unspecified atom stereocenters. The van der Waals surface area contributed by atoms with E-state index in [2.05, 4.69) is 10.3 Å². The number of nitrogens with zero attached hydrogens (tertiary/aromatic N) is 5. The largest absolute Gasteiger partial charge is 0.487 e. The summed E-state index contributed by atoms with van der Waals surface area (Å²) in [4.78, 5) is 14.7. The topological polar surface area (TPSA) is 97.6 Å². The average Bonchev–Trinajstić information content (AvgIpc) is 3.26. The van der Waals surface area contributed by atoms with E-state index in [0.717, 1.165) is 5.75 Å². The van der Waals surface area contributed by atoms with Crippen molar-refractivity contribution in [3.05, 3.63) is 72.1 Å². The molecule has 0 spiro atoms. The Kier molecular flexibility index (Phi) is 6.75. The minimum Gasteiger partial charge on any atom is -0.487 e. The normalized spacial score (nSPS) is 14.3. The molecule has 1 fully saturated rings. The second kappa shape index (κ2) is 9.72. The summed E-state index contributed by atoms with van der Waals surface area (Å²) in [5.41, 5.74) is 1.18. The van der Waals surface area contributed by atoms with Gasteiger partial charge in [0, 0.05) is 31.7 Å². The van der Waals surface area contributed by atoms with E-state index < -0.39 is 10.0 Å². The number of para-hydroxylation sites is 1. The monoisotopic (exact) mass is 469 g/mol. The number of hydrogen-bond acceptors (Lipinski definition) is 6. The predicted molar refractivity (Wildman–Crippen MR) is 122 cm³/mol. The summed E-state index contributed by atoms with van der Waals surface area (Å²) in [6.45, 7) is 5.75. The van der Waals surface area contributed by atoms with E-state index in [0.29, 0.717) is 44.0 Å². The number of carbonyl (C=O) groups excluding carboxylic acids is 1. The molecule has 174 valence electrons. The number of ether oxygens (including phenoxy) is 1. The van der Waals surface area contributed by atoms with E-state index in [-0.39, 0.29) is 16.8 Å². The summed E-state index contributed by atoms with van der Waals surface area (Å²) in [6, 6.07) is 15.7. The Morgan fingerprint density at radius 3 is 2.36 bits per heavy atom. The Morgan fingerprint density at radius 1 is 1.06 bits per heavy atom. The molecule has 3 aromatic rings. The summed E-state index contributed by atoms with van der Waals surface area (Å²) in [5.74, 6) is 0.633. The highest BCUT2D eigenvalue weighted by Crippen LogP contribution is 2.24. The van der Waals surface area contributed by atoms with Gasteiger partial charge in [0.2, 0.25) is 10.0 Å². The molecular formula is C23H27N5O4S. The average molecular weight is 470 g/mol. The van der Waals surface area contributed by atoms with Crippen molar-refractivity contribution >= 4 is 15.9 Å². The van der Waals surface area contributed by atoms with Crippen LogP contribution in [-0.4, -0.2) is 64.7 Å². The zero-order chi connectivity index (χ0) is 23.4. The van der Waals surface area contributed by atoms with E-state index >= 15 is 0 Å². The van der Waals surface area contributed by atoms with Crippen molar-refractivity contribution in [3.63, 3.8) is 0 Å². The van der Waals surface area contributed by atoms with Crippen LogP contribution in [-0.2, 0) is 16.6 Å². The second-order valence-electron chi connectivity index (χ2n) is 7.77. The van der Waals surface area contributed by atoms with Gasteiger partial charge in [-0.05, 0) is 36.4 Å². The van der Waals surface area contributed by atoms with Crippen molar-refractivity contribution in [1.82, 2.24) is 24.2 Å². The molecule has 0 N–H and O–H groups in total. The maximum absolute atomic E-state index is 12.8. The molecule has 33 heavy (non-hydrogen) atoms. The van der Waals surface area contributed by atoms with Gasteiger partial charge in [-0.1, -0.05) is 37.3 Å². The summed E-state index contributed by atoms with van der Waals surface area (Å²) >= 11 is 0. The third kappa shape index (κ3) is 4.91. The Hall–Kier alpha value is -3.24. The molecule has 1 aromatic heterocycles. The van der Waals surface area contributed by atoms with Gasteiger partial charge >= 0.3 is 0 Å². The Labute approximate surface area is 193 Å². The molecule has 1 amide bonds. The minimum atomic E-state index is -3.54. The van der Waals surface area contributed by atoms with Gasteiger partial charge in [-0.25, -0.2) is 13.1 Å². The van der Waals surface area contributed by atoms with E-state index in [1.54, 1.807) is 35.6 Å². The van der Waals surface area contributed by atoms with E-state index in [4.69, 9.17) is 4.74 Å².